The largest absolute Gasteiger partial charge is 0.419 e. The molecule has 12 heteroatoms. The molecule has 3 heterocycles. The molecule has 0 atom stereocenters. The number of nitrogens with zero attached hydrogens (tertiary/aromatic N) is 5. The van der Waals surface area contributed by atoms with Gasteiger partial charge in [-0.1, -0.05) is 18.2 Å². The summed E-state index contributed by atoms with van der Waals surface area (Å²) in [5.74, 6) is -1.50. The second-order valence-electron chi connectivity index (χ2n) is 9.12. The molecule has 0 aliphatic carbocycles. The van der Waals surface area contributed by atoms with E-state index in [4.69, 9.17) is 4.42 Å². The molecule has 0 saturated heterocycles. The first-order valence-electron chi connectivity index (χ1n) is 12.0. The van der Waals surface area contributed by atoms with E-state index >= 15 is 0 Å². The highest BCUT2D eigenvalue weighted by atomic mass is 16.4. The molecular weight excluding hydrogens is 502 g/mol. The SMILES string of the molecule is CN(C)C(=O)c1ccc(CNC(=O)c2cc(C(=O)NCc3ccc4oc(=O)n(C)c4c3)nc3ccnn23)cc1. The summed E-state index contributed by atoms with van der Waals surface area (Å²) < 4.78 is 7.88. The summed E-state index contributed by atoms with van der Waals surface area (Å²) in [6.45, 7) is 0.384. The Hall–Kier alpha value is -5.26. The summed E-state index contributed by atoms with van der Waals surface area (Å²) in [6.07, 6.45) is 1.49. The molecule has 198 valence electrons. The van der Waals surface area contributed by atoms with E-state index in [-0.39, 0.29) is 30.4 Å². The van der Waals surface area contributed by atoms with Gasteiger partial charge in [0.25, 0.3) is 17.7 Å². The van der Waals surface area contributed by atoms with Crippen molar-refractivity contribution in [3.8, 4) is 0 Å². The van der Waals surface area contributed by atoms with Gasteiger partial charge in [-0.25, -0.2) is 14.3 Å². The van der Waals surface area contributed by atoms with Gasteiger partial charge in [-0.05, 0) is 35.4 Å². The predicted octanol–water partition coefficient (Wildman–Crippen LogP) is 1.74. The summed E-state index contributed by atoms with van der Waals surface area (Å²) >= 11 is 0. The molecule has 3 amide bonds. The Morgan fingerprint density at radius 2 is 1.62 bits per heavy atom. The zero-order chi connectivity index (χ0) is 27.7. The molecule has 0 fully saturated rings. The summed E-state index contributed by atoms with van der Waals surface area (Å²) in [7, 11) is 4.97. The Morgan fingerprint density at radius 3 is 2.36 bits per heavy atom. The first-order chi connectivity index (χ1) is 18.7. The molecule has 5 rings (SSSR count). The van der Waals surface area contributed by atoms with Crippen LogP contribution < -0.4 is 16.4 Å². The topological polar surface area (TPSA) is 144 Å². The molecule has 0 bridgehead atoms. The van der Waals surface area contributed by atoms with Gasteiger partial charge >= 0.3 is 5.76 Å². The van der Waals surface area contributed by atoms with Crippen molar-refractivity contribution in [2.24, 2.45) is 7.05 Å². The van der Waals surface area contributed by atoms with Crippen molar-refractivity contribution in [1.29, 1.82) is 0 Å². The lowest BCUT2D eigenvalue weighted by Crippen LogP contribution is -2.28. The Bertz CT molecular complexity index is 1780. The number of amides is 3. The fourth-order valence-electron chi connectivity index (χ4n) is 4.04. The molecule has 2 N–H and O–H groups in total. The number of rotatable bonds is 7. The van der Waals surface area contributed by atoms with Crippen LogP contribution >= 0.6 is 0 Å². The Balaban J connectivity index is 1.30. The van der Waals surface area contributed by atoms with E-state index in [0.717, 1.165) is 11.1 Å². The molecule has 0 aliphatic heterocycles. The van der Waals surface area contributed by atoms with Crippen molar-refractivity contribution in [2.45, 2.75) is 13.1 Å². The lowest BCUT2D eigenvalue weighted by Gasteiger charge is -2.11. The van der Waals surface area contributed by atoms with Gasteiger partial charge in [-0.15, -0.1) is 0 Å². The van der Waals surface area contributed by atoms with E-state index in [1.54, 1.807) is 69.7 Å². The van der Waals surface area contributed by atoms with Crippen LogP contribution in [0.1, 0.15) is 42.5 Å². The van der Waals surface area contributed by atoms with Crippen molar-refractivity contribution < 1.29 is 18.8 Å². The minimum atomic E-state index is -0.477. The van der Waals surface area contributed by atoms with E-state index in [1.165, 1.54) is 26.2 Å². The van der Waals surface area contributed by atoms with Crippen molar-refractivity contribution in [3.05, 3.63) is 99.4 Å². The summed E-state index contributed by atoms with van der Waals surface area (Å²) in [5.41, 5.74) is 3.72. The van der Waals surface area contributed by atoms with E-state index in [2.05, 4.69) is 20.7 Å². The summed E-state index contributed by atoms with van der Waals surface area (Å²) in [6, 6.07) is 15.1. The van der Waals surface area contributed by atoms with Crippen LogP contribution in [0.4, 0.5) is 0 Å². The van der Waals surface area contributed by atoms with Gasteiger partial charge in [0, 0.05) is 51.9 Å². The van der Waals surface area contributed by atoms with Gasteiger partial charge < -0.3 is 20.0 Å². The van der Waals surface area contributed by atoms with E-state index in [1.807, 2.05) is 0 Å². The molecule has 0 aliphatic rings. The van der Waals surface area contributed by atoms with Gasteiger partial charge in [0.2, 0.25) is 0 Å². The Morgan fingerprint density at radius 1 is 0.923 bits per heavy atom. The number of carbonyl (C=O) groups excluding carboxylic acids is 3. The Kier molecular flexibility index (Phi) is 6.67. The van der Waals surface area contributed by atoms with Gasteiger partial charge in [0.15, 0.2) is 11.2 Å². The number of hydrogen-bond acceptors (Lipinski definition) is 7. The maximum atomic E-state index is 13.1. The smallest absolute Gasteiger partial charge is 0.408 e. The maximum absolute atomic E-state index is 13.1. The molecule has 0 saturated carbocycles. The lowest BCUT2D eigenvalue weighted by atomic mass is 10.1. The van der Waals surface area contributed by atoms with Gasteiger partial charge in [-0.2, -0.15) is 5.10 Å². The number of oxazole rings is 1. The molecule has 0 spiro atoms. The number of hydrogen-bond donors (Lipinski definition) is 2. The molecule has 5 aromatic rings. The van der Waals surface area contributed by atoms with Gasteiger partial charge in [-0.3, -0.25) is 19.0 Å². The maximum Gasteiger partial charge on any atom is 0.419 e. The standard InChI is InChI=1S/C27H25N7O5/c1-32(2)26(37)18-7-4-16(5-8-18)14-29-25(36)21-13-19(31-23-10-11-30-34(21)23)24(35)28-15-17-6-9-22-20(12-17)33(3)27(38)39-22/h4-13H,14-15H2,1-3H3,(H,28,35)(H,29,36). The average molecular weight is 528 g/mol. The van der Waals surface area contributed by atoms with Crippen LogP contribution in [0.3, 0.4) is 0 Å². The van der Waals surface area contributed by atoms with E-state index in [9.17, 15) is 19.2 Å². The van der Waals surface area contributed by atoms with Crippen LogP contribution in [0.25, 0.3) is 16.7 Å². The highest BCUT2D eigenvalue weighted by Crippen LogP contribution is 2.15. The highest BCUT2D eigenvalue weighted by molar-refractivity contribution is 5.98. The minimum absolute atomic E-state index is 0.0523. The van der Waals surface area contributed by atoms with Crippen LogP contribution in [0.5, 0.6) is 0 Å². The minimum Gasteiger partial charge on any atom is -0.408 e. The number of fused-ring (bicyclic) bond motifs is 2. The third-order valence-corrected chi connectivity index (χ3v) is 6.19. The molecular formula is C27H25N7O5. The molecule has 0 radical (unpaired) electrons. The van der Waals surface area contributed by atoms with Crippen LogP contribution in [0.2, 0.25) is 0 Å². The van der Waals surface area contributed by atoms with Crippen LogP contribution in [-0.4, -0.2) is 55.9 Å². The van der Waals surface area contributed by atoms with Gasteiger partial charge in [0.1, 0.15) is 11.4 Å². The number of carbonyl (C=O) groups is 3. The van der Waals surface area contributed by atoms with Crippen LogP contribution in [0, 0.1) is 0 Å². The van der Waals surface area contributed by atoms with E-state index < -0.39 is 17.6 Å². The quantitative estimate of drug-likeness (QED) is 0.328. The normalized spacial score (nSPS) is 11.1. The average Bonchev–Trinajstić information content (AvgIpc) is 3.53. The van der Waals surface area contributed by atoms with Crippen LogP contribution in [-0.2, 0) is 20.1 Å². The number of benzene rings is 2. The number of aryl methyl sites for hydroxylation is 1. The third-order valence-electron chi connectivity index (χ3n) is 6.19. The molecule has 3 aromatic heterocycles. The monoisotopic (exact) mass is 527 g/mol. The number of nitrogens with one attached hydrogen (secondary N) is 2. The second-order valence-corrected chi connectivity index (χ2v) is 9.12. The van der Waals surface area contributed by atoms with Gasteiger partial charge in [0.05, 0.1) is 11.7 Å². The summed E-state index contributed by atoms with van der Waals surface area (Å²) in [4.78, 5) is 55.7. The molecule has 2 aromatic carbocycles. The van der Waals surface area contributed by atoms with Crippen LogP contribution in [0.15, 0.2) is 70.0 Å². The van der Waals surface area contributed by atoms with E-state index in [0.29, 0.717) is 22.3 Å². The first kappa shape index (κ1) is 25.4. The fourth-order valence-corrected chi connectivity index (χ4v) is 4.04. The summed E-state index contributed by atoms with van der Waals surface area (Å²) in [5, 5.41) is 9.78. The zero-order valence-corrected chi connectivity index (χ0v) is 21.5. The first-order valence-corrected chi connectivity index (χ1v) is 12.0. The molecule has 12 nitrogen and oxygen atoms in total. The van der Waals surface area contributed by atoms with Crippen molar-refractivity contribution >= 4 is 34.5 Å². The van der Waals surface area contributed by atoms with Crippen molar-refractivity contribution in [1.82, 2.24) is 34.7 Å². The Labute approximate surface area is 221 Å². The highest BCUT2D eigenvalue weighted by Gasteiger charge is 2.18. The zero-order valence-electron chi connectivity index (χ0n) is 21.5. The molecule has 0 unspecified atom stereocenters. The predicted molar refractivity (Wildman–Crippen MR) is 141 cm³/mol. The second kappa shape index (κ2) is 10.2. The van der Waals surface area contributed by atoms with Crippen molar-refractivity contribution in [2.75, 3.05) is 14.1 Å². The third kappa shape index (κ3) is 5.12. The lowest BCUT2D eigenvalue weighted by molar-refractivity contribution is 0.0826. The van der Waals surface area contributed by atoms with Crippen molar-refractivity contribution in [3.63, 3.8) is 0 Å². The number of aromatic nitrogens is 4. The molecule has 39 heavy (non-hydrogen) atoms. The fraction of sp³-hybridized carbons (Fsp3) is 0.185.